The van der Waals surface area contributed by atoms with E-state index in [1.54, 1.807) is 36.4 Å². The summed E-state index contributed by atoms with van der Waals surface area (Å²) in [6.07, 6.45) is 0.828. The van der Waals surface area contributed by atoms with E-state index in [1.165, 1.54) is 6.07 Å². The monoisotopic (exact) mass is 511 g/mol. The molecule has 2 aromatic carbocycles. The molecule has 180 valence electrons. The van der Waals surface area contributed by atoms with Crippen LogP contribution in [0.2, 0.25) is 10.0 Å². The molecule has 0 bridgehead atoms. The lowest BCUT2D eigenvalue weighted by Crippen LogP contribution is -2.33. The van der Waals surface area contributed by atoms with Gasteiger partial charge in [0.15, 0.2) is 12.4 Å². The Bertz CT molecular complexity index is 1320. The second kappa shape index (κ2) is 9.65. The summed E-state index contributed by atoms with van der Waals surface area (Å²) < 4.78 is 11.6. The highest BCUT2D eigenvalue weighted by Gasteiger charge is 2.43. The van der Waals surface area contributed by atoms with Crippen LogP contribution in [-0.2, 0) is 14.3 Å². The SMILES string of the molecule is CC1(C)CC(=O)C2=C(C1)OC(N)=C(C#N)C2c1ccccc1OCC(=O)Nc1ccc(Cl)cc1Cl. The molecule has 35 heavy (non-hydrogen) atoms. The van der Waals surface area contributed by atoms with Crippen LogP contribution in [0.25, 0.3) is 0 Å². The number of anilines is 1. The standard InChI is InChI=1S/C26H23Cl2N3O4/c1-26(2)10-19(32)24-21(11-26)35-25(30)16(12-29)23(24)15-5-3-4-6-20(15)34-13-22(33)31-18-8-7-14(27)9-17(18)28/h3-9,23H,10-11,13,30H2,1-2H3,(H,31,33). The number of amides is 1. The van der Waals surface area contributed by atoms with Gasteiger partial charge in [-0.05, 0) is 29.7 Å². The number of para-hydroxylation sites is 1. The quantitative estimate of drug-likeness (QED) is 0.550. The number of carbonyl (C=O) groups excluding carboxylic acids is 2. The number of hydrogen-bond donors (Lipinski definition) is 2. The highest BCUT2D eigenvalue weighted by molar-refractivity contribution is 6.36. The van der Waals surface area contributed by atoms with E-state index in [0.717, 1.165) is 0 Å². The van der Waals surface area contributed by atoms with Gasteiger partial charge in [0.05, 0.1) is 16.6 Å². The Morgan fingerprint density at radius 1 is 1.26 bits per heavy atom. The number of rotatable bonds is 5. The van der Waals surface area contributed by atoms with Crippen LogP contribution in [0, 0.1) is 16.7 Å². The number of allylic oxidation sites excluding steroid dienone is 3. The minimum absolute atomic E-state index is 0.0355. The third-order valence-corrected chi connectivity index (χ3v) is 6.42. The highest BCUT2D eigenvalue weighted by atomic mass is 35.5. The third kappa shape index (κ3) is 5.14. The summed E-state index contributed by atoms with van der Waals surface area (Å²) in [6.45, 7) is 3.64. The largest absolute Gasteiger partial charge is 0.483 e. The molecule has 2 aromatic rings. The summed E-state index contributed by atoms with van der Waals surface area (Å²) in [6, 6.07) is 13.8. The molecule has 2 aliphatic rings. The van der Waals surface area contributed by atoms with Crippen molar-refractivity contribution in [2.45, 2.75) is 32.6 Å². The molecule has 1 atom stereocenters. The molecule has 1 heterocycles. The molecule has 3 N–H and O–H groups in total. The van der Waals surface area contributed by atoms with Gasteiger partial charge in [-0.25, -0.2) is 0 Å². The Kier molecular flexibility index (Phi) is 6.79. The molecule has 0 fully saturated rings. The van der Waals surface area contributed by atoms with E-state index in [9.17, 15) is 14.9 Å². The van der Waals surface area contributed by atoms with Gasteiger partial charge in [0.2, 0.25) is 5.88 Å². The number of nitrogens with two attached hydrogens (primary N) is 1. The van der Waals surface area contributed by atoms with Crippen molar-refractivity contribution in [1.29, 1.82) is 5.26 Å². The third-order valence-electron chi connectivity index (χ3n) is 5.87. The first-order valence-electron chi connectivity index (χ1n) is 10.9. The fourth-order valence-electron chi connectivity index (χ4n) is 4.37. The van der Waals surface area contributed by atoms with E-state index in [2.05, 4.69) is 11.4 Å². The van der Waals surface area contributed by atoms with Gasteiger partial charge in [-0.1, -0.05) is 55.2 Å². The van der Waals surface area contributed by atoms with Crippen molar-refractivity contribution in [3.8, 4) is 11.8 Å². The Balaban J connectivity index is 1.63. The van der Waals surface area contributed by atoms with Crippen LogP contribution < -0.4 is 15.8 Å². The van der Waals surface area contributed by atoms with Gasteiger partial charge < -0.3 is 20.5 Å². The lowest BCUT2D eigenvalue weighted by molar-refractivity contribution is -0.119. The van der Waals surface area contributed by atoms with Crippen molar-refractivity contribution in [3.05, 3.63) is 80.9 Å². The second-order valence-corrected chi connectivity index (χ2v) is 10.0. The molecular formula is C26H23Cl2N3O4. The molecule has 9 heteroatoms. The molecular weight excluding hydrogens is 489 g/mol. The van der Waals surface area contributed by atoms with E-state index in [-0.39, 0.29) is 29.3 Å². The van der Waals surface area contributed by atoms with Crippen molar-refractivity contribution in [3.63, 3.8) is 0 Å². The maximum atomic E-state index is 13.2. The number of ether oxygens (including phenoxy) is 2. The predicted molar refractivity (Wildman–Crippen MR) is 133 cm³/mol. The maximum Gasteiger partial charge on any atom is 0.262 e. The lowest BCUT2D eigenvalue weighted by atomic mass is 9.70. The van der Waals surface area contributed by atoms with E-state index in [1.807, 2.05) is 13.8 Å². The van der Waals surface area contributed by atoms with Gasteiger partial charge in [-0.2, -0.15) is 5.26 Å². The smallest absolute Gasteiger partial charge is 0.262 e. The van der Waals surface area contributed by atoms with E-state index >= 15 is 0 Å². The molecule has 0 radical (unpaired) electrons. The average Bonchev–Trinajstić information content (AvgIpc) is 2.78. The molecule has 4 rings (SSSR count). The van der Waals surface area contributed by atoms with Gasteiger partial charge in [0.1, 0.15) is 23.2 Å². The minimum Gasteiger partial charge on any atom is -0.483 e. The molecule has 7 nitrogen and oxygen atoms in total. The zero-order valence-electron chi connectivity index (χ0n) is 19.2. The zero-order chi connectivity index (χ0) is 25.3. The van der Waals surface area contributed by atoms with Crippen molar-refractivity contribution in [1.82, 2.24) is 0 Å². The second-order valence-electron chi connectivity index (χ2n) is 9.20. The summed E-state index contributed by atoms with van der Waals surface area (Å²) in [7, 11) is 0. The van der Waals surface area contributed by atoms with E-state index in [4.69, 9.17) is 38.4 Å². The summed E-state index contributed by atoms with van der Waals surface area (Å²) in [5.41, 5.74) is 7.30. The number of benzene rings is 2. The number of halogens is 2. The van der Waals surface area contributed by atoms with Crippen LogP contribution in [0.1, 0.15) is 38.2 Å². The Morgan fingerprint density at radius 3 is 2.71 bits per heavy atom. The highest BCUT2D eigenvalue weighted by Crippen LogP contribution is 2.49. The molecule has 0 aromatic heterocycles. The number of hydrogen-bond acceptors (Lipinski definition) is 6. The number of nitrogens with zero attached hydrogens (tertiary/aromatic N) is 1. The van der Waals surface area contributed by atoms with Crippen molar-refractivity contribution >= 4 is 40.6 Å². The summed E-state index contributed by atoms with van der Waals surface area (Å²) in [4.78, 5) is 25.7. The van der Waals surface area contributed by atoms with Crippen LogP contribution >= 0.6 is 23.2 Å². The molecule has 0 spiro atoms. The summed E-state index contributed by atoms with van der Waals surface area (Å²) in [5, 5.41) is 13.3. The molecule has 1 aliphatic heterocycles. The minimum atomic E-state index is -0.752. The van der Waals surface area contributed by atoms with Crippen molar-refractivity contribution in [2.75, 3.05) is 11.9 Å². The Hall–Kier alpha value is -3.47. The number of nitriles is 1. The first-order chi connectivity index (χ1) is 16.6. The zero-order valence-corrected chi connectivity index (χ0v) is 20.7. The normalized spacial score (nSPS) is 18.9. The molecule has 0 saturated carbocycles. The summed E-state index contributed by atoms with van der Waals surface area (Å²) in [5.74, 6) is -0.517. The number of Topliss-reactive ketones (excluding diaryl/α,β-unsaturated/α-hetero) is 1. The number of ketones is 1. The van der Waals surface area contributed by atoms with Crippen LogP contribution in [0.5, 0.6) is 5.75 Å². The number of nitrogens with one attached hydrogen (secondary N) is 1. The van der Waals surface area contributed by atoms with Gasteiger partial charge >= 0.3 is 0 Å². The average molecular weight is 512 g/mol. The van der Waals surface area contributed by atoms with Gasteiger partial charge in [-0.15, -0.1) is 0 Å². The topological polar surface area (TPSA) is 114 Å². The van der Waals surface area contributed by atoms with E-state index < -0.39 is 11.8 Å². The fourth-order valence-corrected chi connectivity index (χ4v) is 4.82. The maximum absolute atomic E-state index is 13.2. The summed E-state index contributed by atoms with van der Waals surface area (Å²) >= 11 is 12.0. The lowest BCUT2D eigenvalue weighted by Gasteiger charge is -2.37. The van der Waals surface area contributed by atoms with Crippen LogP contribution in [0.3, 0.4) is 0 Å². The predicted octanol–water partition coefficient (Wildman–Crippen LogP) is 5.46. The van der Waals surface area contributed by atoms with Gasteiger partial charge in [0, 0.05) is 29.0 Å². The molecule has 1 unspecified atom stereocenters. The van der Waals surface area contributed by atoms with Crippen LogP contribution in [-0.4, -0.2) is 18.3 Å². The first-order valence-corrected chi connectivity index (χ1v) is 11.7. The van der Waals surface area contributed by atoms with Crippen LogP contribution in [0.4, 0.5) is 5.69 Å². The van der Waals surface area contributed by atoms with E-state index in [0.29, 0.717) is 51.2 Å². The number of carbonyl (C=O) groups is 2. The van der Waals surface area contributed by atoms with Crippen molar-refractivity contribution < 1.29 is 19.1 Å². The molecule has 1 amide bonds. The van der Waals surface area contributed by atoms with Gasteiger partial charge in [-0.3, -0.25) is 9.59 Å². The van der Waals surface area contributed by atoms with Crippen LogP contribution in [0.15, 0.2) is 65.3 Å². The fraction of sp³-hybridized carbons (Fsp3) is 0.269. The molecule has 0 saturated heterocycles. The first kappa shape index (κ1) is 24.6. The Labute approximate surface area is 213 Å². The molecule has 1 aliphatic carbocycles. The van der Waals surface area contributed by atoms with Gasteiger partial charge in [0.25, 0.3) is 5.91 Å². The van der Waals surface area contributed by atoms with Crippen molar-refractivity contribution in [2.24, 2.45) is 11.1 Å². The Morgan fingerprint density at radius 2 is 2.00 bits per heavy atom.